The Morgan fingerprint density at radius 1 is 1.28 bits per heavy atom. The summed E-state index contributed by atoms with van der Waals surface area (Å²) in [6, 6.07) is 5.16. The van der Waals surface area contributed by atoms with E-state index in [9.17, 15) is 13.2 Å². The fourth-order valence-electron chi connectivity index (χ4n) is 1.13. The van der Waals surface area contributed by atoms with Crippen LogP contribution in [0.3, 0.4) is 0 Å². The average molecular weight is 273 g/mol. The van der Waals surface area contributed by atoms with Crippen LogP contribution in [0.2, 0.25) is 0 Å². The number of hydrogen-bond donors (Lipinski definition) is 3. The number of hydrazine groups is 1. The van der Waals surface area contributed by atoms with E-state index >= 15 is 0 Å². The molecule has 0 bridgehead atoms. The minimum Gasteiger partial charge on any atom is -0.497 e. The van der Waals surface area contributed by atoms with Gasteiger partial charge in [0.1, 0.15) is 5.75 Å². The molecule has 0 unspecified atom stereocenters. The van der Waals surface area contributed by atoms with Crippen LogP contribution in [0.4, 0.5) is 4.79 Å². The fourth-order valence-corrected chi connectivity index (χ4v) is 1.97. The maximum atomic E-state index is 11.7. The van der Waals surface area contributed by atoms with Gasteiger partial charge in [-0.05, 0) is 31.2 Å². The maximum Gasteiger partial charge on any atom is 0.329 e. The number of rotatable bonds is 5. The van der Waals surface area contributed by atoms with Gasteiger partial charge in [0.25, 0.3) is 10.0 Å². The number of carbonyl (C=O) groups excluding carboxylic acids is 1. The Kier molecular flexibility index (Phi) is 4.93. The molecule has 0 heterocycles. The van der Waals surface area contributed by atoms with Crippen molar-refractivity contribution < 1.29 is 17.9 Å². The second-order valence-corrected chi connectivity index (χ2v) is 4.95. The quantitative estimate of drug-likeness (QED) is 0.668. The van der Waals surface area contributed by atoms with Crippen molar-refractivity contribution in [2.45, 2.75) is 11.8 Å². The molecule has 0 aromatic heterocycles. The van der Waals surface area contributed by atoms with Crippen molar-refractivity contribution in [1.29, 1.82) is 0 Å². The van der Waals surface area contributed by atoms with Crippen molar-refractivity contribution in [3.8, 4) is 5.75 Å². The minimum atomic E-state index is -3.78. The largest absolute Gasteiger partial charge is 0.497 e. The van der Waals surface area contributed by atoms with Crippen LogP contribution in [-0.2, 0) is 10.0 Å². The lowest BCUT2D eigenvalue weighted by atomic mass is 10.3. The summed E-state index contributed by atoms with van der Waals surface area (Å²) in [5, 5.41) is 2.39. The molecule has 1 rings (SSSR count). The van der Waals surface area contributed by atoms with Gasteiger partial charge >= 0.3 is 6.03 Å². The van der Waals surface area contributed by atoms with Gasteiger partial charge in [0, 0.05) is 6.54 Å². The summed E-state index contributed by atoms with van der Waals surface area (Å²) in [4.78, 5) is 13.0. The van der Waals surface area contributed by atoms with Crippen molar-refractivity contribution in [3.63, 3.8) is 0 Å². The highest BCUT2D eigenvalue weighted by atomic mass is 32.2. The number of benzene rings is 1. The van der Waals surface area contributed by atoms with Gasteiger partial charge in [-0.1, -0.05) is 0 Å². The predicted octanol–water partition coefficient (Wildman–Crippen LogP) is 0.208. The predicted molar refractivity (Wildman–Crippen MR) is 65.5 cm³/mol. The molecule has 0 saturated carbocycles. The molecule has 3 N–H and O–H groups in total. The minimum absolute atomic E-state index is 0.0279. The molecule has 7 nitrogen and oxygen atoms in total. The number of nitrogens with one attached hydrogen (secondary N) is 3. The van der Waals surface area contributed by atoms with Gasteiger partial charge in [-0.25, -0.2) is 13.2 Å². The molecule has 1 aromatic carbocycles. The van der Waals surface area contributed by atoms with Crippen LogP contribution in [0.1, 0.15) is 6.92 Å². The maximum absolute atomic E-state index is 11.7. The number of amides is 2. The highest BCUT2D eigenvalue weighted by molar-refractivity contribution is 7.89. The highest BCUT2D eigenvalue weighted by Gasteiger charge is 2.14. The SMILES string of the molecule is CCNC(=O)NNS(=O)(=O)c1ccc(OC)cc1. The average Bonchev–Trinajstić information content (AvgIpc) is 2.37. The van der Waals surface area contributed by atoms with Crippen molar-refractivity contribution in [3.05, 3.63) is 24.3 Å². The number of urea groups is 1. The van der Waals surface area contributed by atoms with Crippen LogP contribution >= 0.6 is 0 Å². The lowest BCUT2D eigenvalue weighted by Crippen LogP contribution is -2.46. The molecule has 0 aliphatic rings. The third-order valence-corrected chi connectivity index (χ3v) is 3.27. The third-order valence-electron chi connectivity index (χ3n) is 2.01. The van der Waals surface area contributed by atoms with E-state index in [0.29, 0.717) is 12.3 Å². The Labute approximate surface area is 106 Å². The Morgan fingerprint density at radius 3 is 2.39 bits per heavy atom. The molecule has 0 saturated heterocycles. The first kappa shape index (κ1) is 14.3. The summed E-state index contributed by atoms with van der Waals surface area (Å²) < 4.78 is 28.4. The number of sulfonamides is 1. The van der Waals surface area contributed by atoms with Crippen LogP contribution in [0.5, 0.6) is 5.75 Å². The first-order valence-corrected chi connectivity index (χ1v) is 6.67. The van der Waals surface area contributed by atoms with Crippen LogP contribution < -0.4 is 20.3 Å². The third kappa shape index (κ3) is 3.90. The zero-order chi connectivity index (χ0) is 13.6. The fraction of sp³-hybridized carbons (Fsp3) is 0.300. The van der Waals surface area contributed by atoms with Crippen LogP contribution in [0.15, 0.2) is 29.2 Å². The topological polar surface area (TPSA) is 96.5 Å². The summed E-state index contributed by atoms with van der Waals surface area (Å²) in [6.45, 7) is 2.12. The smallest absolute Gasteiger partial charge is 0.329 e. The number of ether oxygens (including phenoxy) is 1. The first-order chi connectivity index (χ1) is 8.49. The molecule has 100 valence electrons. The van der Waals surface area contributed by atoms with Gasteiger partial charge in [0.05, 0.1) is 12.0 Å². The van der Waals surface area contributed by atoms with E-state index < -0.39 is 16.1 Å². The number of methoxy groups -OCH3 is 1. The molecule has 0 aliphatic heterocycles. The molecule has 1 aromatic rings. The molecule has 0 atom stereocenters. The molecule has 0 spiro atoms. The molecule has 8 heteroatoms. The zero-order valence-corrected chi connectivity index (χ0v) is 10.9. The molecule has 0 fully saturated rings. The number of hydrogen-bond acceptors (Lipinski definition) is 4. The second-order valence-electron chi connectivity index (χ2n) is 3.27. The van der Waals surface area contributed by atoms with Gasteiger partial charge < -0.3 is 10.1 Å². The van der Waals surface area contributed by atoms with E-state index in [1.54, 1.807) is 6.92 Å². The number of carbonyl (C=O) groups is 1. The van der Waals surface area contributed by atoms with E-state index in [4.69, 9.17) is 4.74 Å². The van der Waals surface area contributed by atoms with Crippen molar-refractivity contribution in [2.75, 3.05) is 13.7 Å². The Bertz CT molecular complexity index is 498. The summed E-state index contributed by atoms with van der Waals surface area (Å²) in [6.07, 6.45) is 0. The Morgan fingerprint density at radius 2 is 1.89 bits per heavy atom. The van der Waals surface area contributed by atoms with Gasteiger partial charge in [0.2, 0.25) is 0 Å². The molecule has 2 amide bonds. The van der Waals surface area contributed by atoms with Crippen molar-refractivity contribution in [1.82, 2.24) is 15.6 Å². The summed E-state index contributed by atoms with van der Waals surface area (Å²) in [7, 11) is -2.29. The highest BCUT2D eigenvalue weighted by Crippen LogP contribution is 2.14. The molecule has 18 heavy (non-hydrogen) atoms. The van der Waals surface area contributed by atoms with Crippen LogP contribution in [0.25, 0.3) is 0 Å². The summed E-state index contributed by atoms with van der Waals surface area (Å²) in [5.74, 6) is 0.547. The first-order valence-electron chi connectivity index (χ1n) is 5.19. The zero-order valence-electron chi connectivity index (χ0n) is 10.1. The van der Waals surface area contributed by atoms with Gasteiger partial charge in [0.15, 0.2) is 0 Å². The van der Waals surface area contributed by atoms with E-state index in [0.717, 1.165) is 0 Å². The van der Waals surface area contributed by atoms with Crippen LogP contribution in [-0.4, -0.2) is 28.1 Å². The molecular formula is C10H15N3O4S. The van der Waals surface area contributed by atoms with E-state index in [2.05, 4.69) is 5.32 Å². The Hall–Kier alpha value is -1.80. The molecule has 0 aliphatic carbocycles. The summed E-state index contributed by atoms with van der Waals surface area (Å²) >= 11 is 0. The molecule has 0 radical (unpaired) electrons. The lowest BCUT2D eigenvalue weighted by Gasteiger charge is -2.09. The monoisotopic (exact) mass is 273 g/mol. The van der Waals surface area contributed by atoms with Crippen LogP contribution in [0, 0.1) is 0 Å². The van der Waals surface area contributed by atoms with Crippen molar-refractivity contribution >= 4 is 16.1 Å². The second kappa shape index (κ2) is 6.22. The van der Waals surface area contributed by atoms with Gasteiger partial charge in [-0.2, -0.15) is 0 Å². The standard InChI is InChI=1S/C10H15N3O4S/c1-3-11-10(14)12-13-18(15,16)9-6-4-8(17-2)5-7-9/h4-7,13H,3H2,1-2H3,(H2,11,12,14). The lowest BCUT2D eigenvalue weighted by molar-refractivity contribution is 0.240. The van der Waals surface area contributed by atoms with Crippen molar-refractivity contribution in [2.24, 2.45) is 0 Å². The van der Waals surface area contributed by atoms with E-state index in [1.807, 2.05) is 10.3 Å². The van der Waals surface area contributed by atoms with E-state index in [-0.39, 0.29) is 4.90 Å². The van der Waals surface area contributed by atoms with Gasteiger partial charge in [-0.3, -0.25) is 5.43 Å². The van der Waals surface area contributed by atoms with Gasteiger partial charge in [-0.15, -0.1) is 4.83 Å². The molecular weight excluding hydrogens is 258 g/mol. The van der Waals surface area contributed by atoms with E-state index in [1.165, 1.54) is 31.4 Å². The summed E-state index contributed by atoms with van der Waals surface area (Å²) in [5.41, 5.74) is 2.03. The Balaban J connectivity index is 2.70. The normalized spacial score (nSPS) is 10.8.